The van der Waals surface area contributed by atoms with E-state index in [4.69, 9.17) is 17.3 Å². The quantitative estimate of drug-likeness (QED) is 0.859. The molecule has 0 aromatic carbocycles. The minimum atomic E-state index is -0.352. The number of nitrogens with one attached hydrogen (secondary N) is 1. The van der Waals surface area contributed by atoms with Crippen LogP contribution in [0.25, 0.3) is 0 Å². The fourth-order valence-corrected chi connectivity index (χ4v) is 2.98. The highest BCUT2D eigenvalue weighted by Gasteiger charge is 2.24. The van der Waals surface area contributed by atoms with Crippen LogP contribution in [0, 0.1) is 13.8 Å². The molecule has 1 fully saturated rings. The van der Waals surface area contributed by atoms with Crippen molar-refractivity contribution in [3.63, 3.8) is 0 Å². The number of rotatable bonds is 4. The van der Waals surface area contributed by atoms with Crippen LogP contribution < -0.4 is 16.0 Å². The summed E-state index contributed by atoms with van der Waals surface area (Å²) in [5.74, 6) is 0.571. The second-order valence-electron chi connectivity index (χ2n) is 6.19. The van der Waals surface area contributed by atoms with Gasteiger partial charge in [0.05, 0.1) is 17.3 Å². The fraction of sp³-hybridized carbons (Fsp3) is 0.412. The van der Waals surface area contributed by atoms with E-state index in [-0.39, 0.29) is 24.3 Å². The summed E-state index contributed by atoms with van der Waals surface area (Å²) in [5, 5.41) is 3.29. The Morgan fingerprint density at radius 3 is 2.92 bits per heavy atom. The topological polar surface area (TPSA) is 97.0 Å². The van der Waals surface area contributed by atoms with E-state index < -0.39 is 0 Å². The molecule has 0 unspecified atom stereocenters. The van der Waals surface area contributed by atoms with Gasteiger partial charge in [0.25, 0.3) is 5.91 Å². The number of hydrogen-bond donors (Lipinski definition) is 2. The Kier molecular flexibility index (Phi) is 5.15. The molecule has 0 bridgehead atoms. The Labute approximate surface area is 151 Å². The molecule has 1 aliphatic heterocycles. The Bertz CT molecular complexity index is 797. The molecule has 25 heavy (non-hydrogen) atoms. The van der Waals surface area contributed by atoms with Gasteiger partial charge >= 0.3 is 0 Å². The van der Waals surface area contributed by atoms with E-state index in [1.807, 2.05) is 13.8 Å². The third kappa shape index (κ3) is 3.88. The summed E-state index contributed by atoms with van der Waals surface area (Å²) in [4.78, 5) is 27.5. The molecule has 1 atom stereocenters. The minimum absolute atomic E-state index is 0.137. The van der Waals surface area contributed by atoms with E-state index in [9.17, 15) is 4.79 Å². The third-order valence-corrected chi connectivity index (χ3v) is 4.69. The standard InChI is InChI=1S/C17H21ClN6O/c1-10-11(2)22-15(23-16(10)24-7-5-12(19)9-24)17(25)21-8-14-13(18)4-3-6-20-14/h3-4,6,12H,5,7-9,19H2,1-2H3,(H,21,25)/t12-/m1/s1. The van der Waals surface area contributed by atoms with Crippen LogP contribution in [0.1, 0.15) is 34.0 Å². The largest absolute Gasteiger partial charge is 0.355 e. The normalized spacial score (nSPS) is 17.0. The van der Waals surface area contributed by atoms with Crippen LogP contribution in [0.15, 0.2) is 18.3 Å². The molecule has 0 radical (unpaired) electrons. The maximum atomic E-state index is 12.5. The van der Waals surface area contributed by atoms with Gasteiger partial charge in [0.2, 0.25) is 5.82 Å². The predicted molar refractivity (Wildman–Crippen MR) is 96.7 cm³/mol. The van der Waals surface area contributed by atoms with E-state index in [2.05, 4.69) is 25.2 Å². The maximum Gasteiger partial charge on any atom is 0.289 e. The highest BCUT2D eigenvalue weighted by atomic mass is 35.5. The zero-order valence-electron chi connectivity index (χ0n) is 14.3. The molecule has 3 N–H and O–H groups in total. The molecule has 0 saturated carbocycles. The molecule has 7 nitrogen and oxygen atoms in total. The summed E-state index contributed by atoms with van der Waals surface area (Å²) < 4.78 is 0. The van der Waals surface area contributed by atoms with Crippen molar-refractivity contribution in [3.05, 3.63) is 46.1 Å². The van der Waals surface area contributed by atoms with Crippen molar-refractivity contribution in [2.45, 2.75) is 32.9 Å². The van der Waals surface area contributed by atoms with Crippen LogP contribution in [0.5, 0.6) is 0 Å². The molecule has 2 aromatic heterocycles. The van der Waals surface area contributed by atoms with Crippen molar-refractivity contribution in [1.82, 2.24) is 20.3 Å². The highest BCUT2D eigenvalue weighted by Crippen LogP contribution is 2.23. The van der Waals surface area contributed by atoms with Crippen molar-refractivity contribution in [3.8, 4) is 0 Å². The average Bonchev–Trinajstić information content (AvgIpc) is 3.02. The predicted octanol–water partition coefficient (Wildman–Crippen LogP) is 1.61. The lowest BCUT2D eigenvalue weighted by molar-refractivity contribution is 0.0939. The van der Waals surface area contributed by atoms with Crippen molar-refractivity contribution in [2.24, 2.45) is 5.73 Å². The number of anilines is 1. The smallest absolute Gasteiger partial charge is 0.289 e. The Balaban J connectivity index is 1.78. The molecule has 2 aromatic rings. The van der Waals surface area contributed by atoms with Gasteiger partial charge in [-0.25, -0.2) is 9.97 Å². The number of aryl methyl sites for hydroxylation is 1. The molecule has 1 saturated heterocycles. The lowest BCUT2D eigenvalue weighted by Crippen LogP contribution is -2.30. The van der Waals surface area contributed by atoms with Gasteiger partial charge in [-0.05, 0) is 32.4 Å². The average molecular weight is 361 g/mol. The third-order valence-electron chi connectivity index (χ3n) is 4.34. The molecule has 3 heterocycles. The summed E-state index contributed by atoms with van der Waals surface area (Å²) in [7, 11) is 0. The van der Waals surface area contributed by atoms with Gasteiger partial charge in [-0.1, -0.05) is 11.6 Å². The summed E-state index contributed by atoms with van der Waals surface area (Å²) in [6, 6.07) is 3.61. The first-order valence-corrected chi connectivity index (χ1v) is 8.57. The molecule has 1 amide bonds. The van der Waals surface area contributed by atoms with Crippen molar-refractivity contribution in [1.29, 1.82) is 0 Å². The molecular weight excluding hydrogens is 340 g/mol. The molecule has 1 aliphatic rings. The summed E-state index contributed by atoms with van der Waals surface area (Å²) >= 11 is 6.06. The first kappa shape index (κ1) is 17.6. The van der Waals surface area contributed by atoms with E-state index in [1.165, 1.54) is 0 Å². The lowest BCUT2D eigenvalue weighted by Gasteiger charge is -2.20. The second-order valence-corrected chi connectivity index (χ2v) is 6.60. The number of hydrogen-bond acceptors (Lipinski definition) is 6. The first-order valence-electron chi connectivity index (χ1n) is 8.19. The van der Waals surface area contributed by atoms with E-state index in [0.717, 1.165) is 36.6 Å². The number of nitrogens with zero attached hydrogens (tertiary/aromatic N) is 4. The number of carbonyl (C=O) groups is 1. The molecule has 3 rings (SSSR count). The molecule has 8 heteroatoms. The highest BCUT2D eigenvalue weighted by molar-refractivity contribution is 6.31. The summed E-state index contributed by atoms with van der Waals surface area (Å²) in [6.45, 7) is 5.64. The summed E-state index contributed by atoms with van der Waals surface area (Å²) in [6.07, 6.45) is 2.55. The zero-order chi connectivity index (χ0) is 18.0. The number of pyridine rings is 1. The van der Waals surface area contributed by atoms with Gasteiger partial charge in [0, 0.05) is 36.6 Å². The van der Waals surface area contributed by atoms with Gasteiger partial charge in [-0.2, -0.15) is 0 Å². The van der Waals surface area contributed by atoms with Crippen LogP contribution in [0.3, 0.4) is 0 Å². The zero-order valence-corrected chi connectivity index (χ0v) is 15.0. The molecule has 0 aliphatic carbocycles. The lowest BCUT2D eigenvalue weighted by atomic mass is 10.2. The van der Waals surface area contributed by atoms with Gasteiger partial charge < -0.3 is 16.0 Å². The van der Waals surface area contributed by atoms with Crippen LogP contribution in [-0.2, 0) is 6.54 Å². The van der Waals surface area contributed by atoms with E-state index >= 15 is 0 Å². The van der Waals surface area contributed by atoms with Gasteiger partial charge in [-0.3, -0.25) is 9.78 Å². The molecule has 0 spiro atoms. The Morgan fingerprint density at radius 1 is 1.44 bits per heavy atom. The maximum absolute atomic E-state index is 12.5. The molecular formula is C17H21ClN6O. The Morgan fingerprint density at radius 2 is 2.24 bits per heavy atom. The molecule has 132 valence electrons. The Hall–Kier alpha value is -2.25. The van der Waals surface area contributed by atoms with Crippen LogP contribution in [0.2, 0.25) is 5.02 Å². The number of carbonyl (C=O) groups excluding carboxylic acids is 1. The van der Waals surface area contributed by atoms with E-state index in [0.29, 0.717) is 10.7 Å². The number of nitrogens with two attached hydrogens (primary N) is 1. The van der Waals surface area contributed by atoms with Crippen LogP contribution in [-0.4, -0.2) is 40.0 Å². The summed E-state index contributed by atoms with van der Waals surface area (Å²) in [5.41, 5.74) is 8.35. The monoisotopic (exact) mass is 360 g/mol. The van der Waals surface area contributed by atoms with Crippen molar-refractivity contribution < 1.29 is 4.79 Å². The van der Waals surface area contributed by atoms with Crippen molar-refractivity contribution in [2.75, 3.05) is 18.0 Å². The number of amides is 1. The second kappa shape index (κ2) is 7.33. The van der Waals surface area contributed by atoms with Gasteiger partial charge in [0.15, 0.2) is 0 Å². The minimum Gasteiger partial charge on any atom is -0.355 e. The van der Waals surface area contributed by atoms with Crippen LogP contribution >= 0.6 is 11.6 Å². The fourth-order valence-electron chi connectivity index (χ4n) is 2.79. The number of halogens is 1. The SMILES string of the molecule is Cc1nc(C(=O)NCc2ncccc2Cl)nc(N2CC[C@@H](N)C2)c1C. The van der Waals surface area contributed by atoms with Crippen LogP contribution in [0.4, 0.5) is 5.82 Å². The van der Waals surface area contributed by atoms with E-state index in [1.54, 1.807) is 18.3 Å². The first-order chi connectivity index (χ1) is 12.0. The van der Waals surface area contributed by atoms with Gasteiger partial charge in [-0.15, -0.1) is 0 Å². The van der Waals surface area contributed by atoms with Crippen molar-refractivity contribution >= 4 is 23.3 Å². The number of aromatic nitrogens is 3. The van der Waals surface area contributed by atoms with Gasteiger partial charge in [0.1, 0.15) is 5.82 Å².